The van der Waals surface area contributed by atoms with Crippen LogP contribution in [0.25, 0.3) is 0 Å². The van der Waals surface area contributed by atoms with Crippen LogP contribution in [0, 0.1) is 5.41 Å². The van der Waals surface area contributed by atoms with Gasteiger partial charge in [0.2, 0.25) is 0 Å². The molecule has 2 aliphatic rings. The van der Waals surface area contributed by atoms with E-state index in [0.29, 0.717) is 19.7 Å². The van der Waals surface area contributed by atoms with Crippen molar-refractivity contribution in [2.45, 2.75) is 58.2 Å². The van der Waals surface area contributed by atoms with E-state index in [0.717, 1.165) is 19.3 Å². The van der Waals surface area contributed by atoms with Crippen molar-refractivity contribution < 1.29 is 24.2 Å². The summed E-state index contributed by atoms with van der Waals surface area (Å²) in [6.45, 7) is 6.85. The summed E-state index contributed by atoms with van der Waals surface area (Å²) >= 11 is 0. The average molecular weight is 299 g/mol. The summed E-state index contributed by atoms with van der Waals surface area (Å²) in [4.78, 5) is 24.9. The zero-order valence-corrected chi connectivity index (χ0v) is 13.1. The predicted molar refractivity (Wildman–Crippen MR) is 76.1 cm³/mol. The number of hydrogen-bond donors (Lipinski definition) is 1. The molecule has 1 heterocycles. The lowest BCUT2D eigenvalue weighted by molar-refractivity contribution is -0.156. The molecule has 0 bridgehead atoms. The molecule has 2 fully saturated rings. The molecule has 21 heavy (non-hydrogen) atoms. The third-order valence-electron chi connectivity index (χ3n) is 4.25. The van der Waals surface area contributed by atoms with Crippen molar-refractivity contribution in [3.63, 3.8) is 0 Å². The van der Waals surface area contributed by atoms with Crippen molar-refractivity contribution >= 4 is 12.1 Å². The molecule has 6 heteroatoms. The Hall–Kier alpha value is -1.30. The second kappa shape index (κ2) is 5.83. The van der Waals surface area contributed by atoms with Crippen molar-refractivity contribution in [1.82, 2.24) is 4.90 Å². The van der Waals surface area contributed by atoms with Gasteiger partial charge in [-0.15, -0.1) is 0 Å². The molecule has 0 radical (unpaired) electrons. The Balaban J connectivity index is 2.00. The molecular formula is C15H25NO5. The first-order valence-corrected chi connectivity index (χ1v) is 7.53. The van der Waals surface area contributed by atoms with Gasteiger partial charge in [0.05, 0.1) is 25.7 Å². The zero-order valence-electron chi connectivity index (χ0n) is 13.1. The van der Waals surface area contributed by atoms with E-state index >= 15 is 0 Å². The molecular weight excluding hydrogens is 274 g/mol. The van der Waals surface area contributed by atoms with Gasteiger partial charge in [0.15, 0.2) is 0 Å². The molecule has 0 spiro atoms. The Bertz CT molecular complexity index is 411. The van der Waals surface area contributed by atoms with Crippen LogP contribution < -0.4 is 0 Å². The molecule has 6 nitrogen and oxygen atoms in total. The van der Waals surface area contributed by atoms with E-state index in [2.05, 4.69) is 0 Å². The first kappa shape index (κ1) is 16.1. The van der Waals surface area contributed by atoms with E-state index in [-0.39, 0.29) is 24.0 Å². The van der Waals surface area contributed by atoms with Gasteiger partial charge in [0, 0.05) is 12.0 Å². The van der Waals surface area contributed by atoms with Crippen molar-refractivity contribution in [3.8, 4) is 0 Å². The van der Waals surface area contributed by atoms with E-state index in [1.54, 1.807) is 4.90 Å². The molecule has 1 N–H and O–H groups in total. The Morgan fingerprint density at radius 2 is 2.05 bits per heavy atom. The van der Waals surface area contributed by atoms with Crippen LogP contribution in [0.2, 0.25) is 0 Å². The third kappa shape index (κ3) is 3.87. The number of carbonyl (C=O) groups excluding carboxylic acids is 1. The van der Waals surface area contributed by atoms with E-state index in [1.807, 2.05) is 20.8 Å². The van der Waals surface area contributed by atoms with Gasteiger partial charge in [0.1, 0.15) is 5.60 Å². The molecule has 1 aliphatic carbocycles. The standard InChI is InChI=1S/C15H25NO5/c1-14(2,3)21-13(19)16-7-8-20-11(10-16)15(5-4-6-15)9-12(17)18/h11H,4-10H2,1-3H3,(H,17,18). The maximum Gasteiger partial charge on any atom is 0.410 e. The SMILES string of the molecule is CC(C)(C)OC(=O)N1CCOC(C2(CC(=O)O)CCC2)C1. The number of carboxylic acids is 1. The lowest BCUT2D eigenvalue weighted by Crippen LogP contribution is -2.55. The fraction of sp³-hybridized carbons (Fsp3) is 0.867. The molecule has 1 atom stereocenters. The summed E-state index contributed by atoms with van der Waals surface area (Å²) in [6.07, 6.45) is 2.29. The molecule has 1 saturated heterocycles. The second-order valence-electron chi connectivity index (χ2n) is 7.07. The molecule has 2 rings (SSSR count). The van der Waals surface area contributed by atoms with Crippen molar-refractivity contribution in [3.05, 3.63) is 0 Å². The van der Waals surface area contributed by atoms with Gasteiger partial charge in [-0.3, -0.25) is 4.79 Å². The van der Waals surface area contributed by atoms with Gasteiger partial charge in [-0.2, -0.15) is 0 Å². The maximum atomic E-state index is 12.1. The minimum Gasteiger partial charge on any atom is -0.481 e. The van der Waals surface area contributed by atoms with Crippen molar-refractivity contribution in [2.75, 3.05) is 19.7 Å². The number of morpholine rings is 1. The molecule has 1 saturated carbocycles. The monoisotopic (exact) mass is 299 g/mol. The highest BCUT2D eigenvalue weighted by Crippen LogP contribution is 2.48. The molecule has 1 unspecified atom stereocenters. The first-order chi connectivity index (χ1) is 9.72. The average Bonchev–Trinajstić information content (AvgIpc) is 2.31. The Labute approximate surface area is 125 Å². The van der Waals surface area contributed by atoms with Crippen LogP contribution in [0.1, 0.15) is 46.5 Å². The summed E-state index contributed by atoms with van der Waals surface area (Å²) in [5, 5.41) is 9.11. The number of ether oxygens (including phenoxy) is 2. The summed E-state index contributed by atoms with van der Waals surface area (Å²) in [7, 11) is 0. The quantitative estimate of drug-likeness (QED) is 0.865. The Morgan fingerprint density at radius 3 is 2.52 bits per heavy atom. The van der Waals surface area contributed by atoms with E-state index in [9.17, 15) is 9.59 Å². The summed E-state index contributed by atoms with van der Waals surface area (Å²) in [5.41, 5.74) is -0.841. The van der Waals surface area contributed by atoms with Crippen LogP contribution in [0.4, 0.5) is 4.79 Å². The minimum atomic E-state index is -0.798. The highest BCUT2D eigenvalue weighted by atomic mass is 16.6. The minimum absolute atomic E-state index is 0.111. The summed E-state index contributed by atoms with van der Waals surface area (Å²) in [6, 6.07) is 0. The lowest BCUT2D eigenvalue weighted by atomic mass is 9.62. The van der Waals surface area contributed by atoms with Crippen molar-refractivity contribution in [2.24, 2.45) is 5.41 Å². The highest BCUT2D eigenvalue weighted by molar-refractivity contribution is 5.69. The van der Waals surface area contributed by atoms with Crippen LogP contribution in [-0.4, -0.2) is 53.5 Å². The lowest BCUT2D eigenvalue weighted by Gasteiger charge is -2.49. The number of carbonyl (C=O) groups is 2. The third-order valence-corrected chi connectivity index (χ3v) is 4.25. The van der Waals surface area contributed by atoms with Crippen LogP contribution in [0.5, 0.6) is 0 Å². The number of nitrogens with zero attached hydrogens (tertiary/aromatic N) is 1. The molecule has 1 amide bonds. The number of rotatable bonds is 3. The molecule has 0 aromatic heterocycles. The number of amides is 1. The summed E-state index contributed by atoms with van der Waals surface area (Å²) in [5.74, 6) is -0.798. The number of hydrogen-bond acceptors (Lipinski definition) is 4. The largest absolute Gasteiger partial charge is 0.481 e. The number of carboxylic acid groups (broad SMARTS) is 1. The van der Waals surface area contributed by atoms with E-state index in [1.165, 1.54) is 0 Å². The first-order valence-electron chi connectivity index (χ1n) is 7.53. The van der Waals surface area contributed by atoms with Gasteiger partial charge >= 0.3 is 12.1 Å². The molecule has 1 aliphatic heterocycles. The van der Waals surface area contributed by atoms with Gasteiger partial charge < -0.3 is 19.5 Å². The van der Waals surface area contributed by atoms with E-state index in [4.69, 9.17) is 14.6 Å². The molecule has 120 valence electrons. The topological polar surface area (TPSA) is 76.1 Å². The Morgan fingerprint density at radius 1 is 1.38 bits per heavy atom. The van der Waals surface area contributed by atoms with Crippen LogP contribution in [-0.2, 0) is 14.3 Å². The molecule has 0 aromatic carbocycles. The second-order valence-corrected chi connectivity index (χ2v) is 7.07. The van der Waals surface area contributed by atoms with Gasteiger partial charge in [-0.25, -0.2) is 4.79 Å². The fourth-order valence-electron chi connectivity index (χ4n) is 3.06. The van der Waals surface area contributed by atoms with E-state index < -0.39 is 11.6 Å². The number of aliphatic carboxylic acids is 1. The highest BCUT2D eigenvalue weighted by Gasteiger charge is 2.48. The summed E-state index contributed by atoms with van der Waals surface area (Å²) < 4.78 is 11.2. The van der Waals surface area contributed by atoms with Gasteiger partial charge in [-0.05, 0) is 33.6 Å². The smallest absolute Gasteiger partial charge is 0.410 e. The van der Waals surface area contributed by atoms with Crippen molar-refractivity contribution in [1.29, 1.82) is 0 Å². The van der Waals surface area contributed by atoms with Gasteiger partial charge in [0.25, 0.3) is 0 Å². The van der Waals surface area contributed by atoms with Crippen LogP contribution >= 0.6 is 0 Å². The van der Waals surface area contributed by atoms with Crippen LogP contribution in [0.3, 0.4) is 0 Å². The fourth-order valence-corrected chi connectivity index (χ4v) is 3.06. The maximum absolute atomic E-state index is 12.1. The predicted octanol–water partition coefficient (Wildman–Crippen LogP) is 2.27. The Kier molecular flexibility index (Phi) is 4.46. The zero-order chi connectivity index (χ0) is 15.7. The normalized spacial score (nSPS) is 25.1. The molecule has 0 aromatic rings. The van der Waals surface area contributed by atoms with Gasteiger partial charge in [-0.1, -0.05) is 6.42 Å². The van der Waals surface area contributed by atoms with Crippen LogP contribution in [0.15, 0.2) is 0 Å².